The van der Waals surface area contributed by atoms with Crippen molar-refractivity contribution in [1.29, 1.82) is 0 Å². The smallest absolute Gasteiger partial charge is 0.170 e. The zero-order chi connectivity index (χ0) is 26.6. The normalized spacial score (nSPS) is 20.5. The first-order valence-electron chi connectivity index (χ1n) is 14.1. The van der Waals surface area contributed by atoms with E-state index in [2.05, 4.69) is 140 Å². The summed E-state index contributed by atoms with van der Waals surface area (Å²) in [6.07, 6.45) is 18.2. The zero-order valence-electron chi connectivity index (χ0n) is 23.5. The molecule has 0 saturated carbocycles. The first kappa shape index (κ1) is 26.2. The molecule has 200 valence electrons. The number of fused-ring (bicyclic) bond motifs is 2. The largest absolute Gasteiger partial charge is 0.473 e. The minimum Gasteiger partial charge on any atom is -0.473 e. The molecule has 5 rings (SSSR count). The Kier molecular flexibility index (Phi) is 7.94. The van der Waals surface area contributed by atoms with Crippen molar-refractivity contribution in [2.45, 2.75) is 78.1 Å². The van der Waals surface area contributed by atoms with Crippen LogP contribution in [0.2, 0.25) is 0 Å². The van der Waals surface area contributed by atoms with E-state index in [-0.39, 0.29) is 12.3 Å². The quantitative estimate of drug-likeness (QED) is 0.470. The molecule has 0 spiro atoms. The third-order valence-corrected chi connectivity index (χ3v) is 7.96. The van der Waals surface area contributed by atoms with Gasteiger partial charge < -0.3 is 19.5 Å². The van der Waals surface area contributed by atoms with Crippen molar-refractivity contribution in [1.82, 2.24) is 20.2 Å². The Bertz CT molecular complexity index is 1340. The highest BCUT2D eigenvalue weighted by Crippen LogP contribution is 2.34. The fraction of sp³-hybridized carbons (Fsp3) is 0.394. The molecule has 3 aliphatic rings. The Morgan fingerprint density at radius 2 is 1.84 bits per heavy atom. The van der Waals surface area contributed by atoms with Crippen LogP contribution < -0.4 is 20.6 Å². The third-order valence-electron chi connectivity index (χ3n) is 7.96. The van der Waals surface area contributed by atoms with Crippen molar-refractivity contribution < 1.29 is 4.74 Å². The Labute approximate surface area is 228 Å². The van der Waals surface area contributed by atoms with Crippen LogP contribution in [0.15, 0.2) is 78.8 Å². The lowest BCUT2D eigenvalue weighted by Crippen LogP contribution is -2.49. The van der Waals surface area contributed by atoms with Crippen LogP contribution in [0.1, 0.15) is 64.5 Å². The summed E-state index contributed by atoms with van der Waals surface area (Å²) in [5.74, 6) is 1.49. The predicted octanol–water partition coefficient (Wildman–Crippen LogP) is 5.17. The van der Waals surface area contributed by atoms with Crippen molar-refractivity contribution >= 4 is 12.3 Å². The van der Waals surface area contributed by atoms with E-state index in [9.17, 15) is 0 Å². The molecule has 2 aromatic rings. The lowest BCUT2D eigenvalue weighted by molar-refractivity contribution is 0.0830. The summed E-state index contributed by atoms with van der Waals surface area (Å²) in [6, 6.07) is 15.8. The first-order chi connectivity index (χ1) is 18.4. The second-order valence-electron chi connectivity index (χ2n) is 11.0. The molecule has 0 amide bonds. The molecular weight excluding hydrogens is 468 g/mol. The van der Waals surface area contributed by atoms with Gasteiger partial charge in [-0.2, -0.15) is 5.43 Å². The van der Waals surface area contributed by atoms with Crippen LogP contribution in [-0.4, -0.2) is 39.8 Å². The number of ether oxygens (including phenoxy) is 1. The minimum atomic E-state index is -0.0865. The van der Waals surface area contributed by atoms with Crippen LogP contribution in [0.25, 0.3) is 12.3 Å². The summed E-state index contributed by atoms with van der Waals surface area (Å²) < 4.78 is 6.42. The molecule has 3 atom stereocenters. The molecule has 1 N–H and O–H groups in total. The molecule has 0 aliphatic carbocycles. The number of nitrogens with one attached hydrogen (secondary N) is 1. The van der Waals surface area contributed by atoms with E-state index in [1.54, 1.807) is 0 Å². The SMILES string of the molecule is C/C=c1/cccc/c1=C/N(NC1Cc2c(cccc2C(C)C)O1)C(C)CCC(C)N1C=C2C=CC=CN2C1. The maximum atomic E-state index is 6.42. The maximum absolute atomic E-state index is 6.42. The predicted molar refractivity (Wildman–Crippen MR) is 157 cm³/mol. The monoisotopic (exact) mass is 510 g/mol. The number of allylic oxidation sites excluding steroid dienone is 3. The second-order valence-corrected chi connectivity index (χ2v) is 11.0. The average Bonchev–Trinajstić information content (AvgIpc) is 3.55. The van der Waals surface area contributed by atoms with Crippen molar-refractivity contribution in [3.63, 3.8) is 0 Å². The molecule has 0 saturated heterocycles. The van der Waals surface area contributed by atoms with Gasteiger partial charge in [-0.25, -0.2) is 0 Å². The van der Waals surface area contributed by atoms with E-state index in [1.165, 1.54) is 27.3 Å². The van der Waals surface area contributed by atoms with Gasteiger partial charge in [0.25, 0.3) is 0 Å². The Hall–Kier alpha value is -3.44. The van der Waals surface area contributed by atoms with Gasteiger partial charge in [-0.3, -0.25) is 0 Å². The highest BCUT2D eigenvalue weighted by Gasteiger charge is 2.28. The standard InChI is InChI=1S/C33H42N4O/c1-6-27-12-7-8-13-28(27)21-37(34-33-20-31-30(24(2)3)15-11-16-32(31)38-33)26(5)18-17-25(4)36-22-29-14-9-10-19-35(29)23-36/h6-16,19,21-22,24-26,33-34H,17-18,20,23H2,1-5H3/b27-6-,28-21-. The molecule has 3 heterocycles. The van der Waals surface area contributed by atoms with E-state index in [1.807, 2.05) is 0 Å². The molecule has 0 aromatic heterocycles. The number of hydrogen-bond donors (Lipinski definition) is 1. The molecule has 0 fully saturated rings. The van der Waals surface area contributed by atoms with Gasteiger partial charge in [0.2, 0.25) is 0 Å². The van der Waals surface area contributed by atoms with Gasteiger partial charge in [-0.05, 0) is 73.7 Å². The highest BCUT2D eigenvalue weighted by molar-refractivity contribution is 5.45. The average molecular weight is 511 g/mol. The fourth-order valence-corrected chi connectivity index (χ4v) is 5.58. The number of nitrogens with zero attached hydrogens (tertiary/aromatic N) is 3. The van der Waals surface area contributed by atoms with E-state index >= 15 is 0 Å². The lowest BCUT2D eigenvalue weighted by Gasteiger charge is -2.33. The summed E-state index contributed by atoms with van der Waals surface area (Å²) in [6.45, 7) is 12.2. The van der Waals surface area contributed by atoms with Gasteiger partial charge in [-0.15, -0.1) is 0 Å². The van der Waals surface area contributed by atoms with Crippen LogP contribution >= 0.6 is 0 Å². The van der Waals surface area contributed by atoms with Crippen molar-refractivity contribution in [2.24, 2.45) is 0 Å². The number of hydrazine groups is 1. The van der Waals surface area contributed by atoms with E-state index in [0.29, 0.717) is 12.0 Å². The highest BCUT2D eigenvalue weighted by atomic mass is 16.5. The van der Waals surface area contributed by atoms with Gasteiger partial charge >= 0.3 is 0 Å². The van der Waals surface area contributed by atoms with Crippen LogP contribution in [0, 0.1) is 0 Å². The van der Waals surface area contributed by atoms with E-state index < -0.39 is 0 Å². The van der Waals surface area contributed by atoms with Gasteiger partial charge in [-0.1, -0.05) is 62.4 Å². The summed E-state index contributed by atoms with van der Waals surface area (Å²) in [5, 5.41) is 4.73. The van der Waals surface area contributed by atoms with Gasteiger partial charge in [0.15, 0.2) is 6.23 Å². The number of rotatable bonds is 9. The van der Waals surface area contributed by atoms with Crippen LogP contribution in [0.3, 0.4) is 0 Å². The molecule has 3 aliphatic heterocycles. The summed E-state index contributed by atoms with van der Waals surface area (Å²) >= 11 is 0. The molecule has 5 nitrogen and oxygen atoms in total. The number of hydrogen-bond acceptors (Lipinski definition) is 5. The molecule has 5 heteroatoms. The molecule has 3 unspecified atom stereocenters. The second kappa shape index (κ2) is 11.5. The van der Waals surface area contributed by atoms with Crippen LogP contribution in [-0.2, 0) is 6.42 Å². The van der Waals surface area contributed by atoms with Crippen molar-refractivity contribution in [3.8, 4) is 5.75 Å². The van der Waals surface area contributed by atoms with Gasteiger partial charge in [0.1, 0.15) is 5.75 Å². The summed E-state index contributed by atoms with van der Waals surface area (Å²) in [7, 11) is 0. The molecule has 2 aromatic carbocycles. The topological polar surface area (TPSA) is 31.0 Å². The van der Waals surface area contributed by atoms with E-state index in [4.69, 9.17) is 4.74 Å². The Morgan fingerprint density at radius 3 is 2.61 bits per heavy atom. The summed E-state index contributed by atoms with van der Waals surface area (Å²) in [4.78, 5) is 4.76. The molecule has 0 bridgehead atoms. The Morgan fingerprint density at radius 1 is 1.03 bits per heavy atom. The third kappa shape index (κ3) is 5.68. The summed E-state index contributed by atoms with van der Waals surface area (Å²) in [5.41, 5.74) is 7.75. The molecule has 0 radical (unpaired) electrons. The zero-order valence-corrected chi connectivity index (χ0v) is 23.5. The number of benzene rings is 2. The Balaban J connectivity index is 1.31. The molecular formula is C33H42N4O. The maximum Gasteiger partial charge on any atom is 0.170 e. The van der Waals surface area contributed by atoms with Crippen molar-refractivity contribution in [3.05, 3.63) is 100 Å². The first-order valence-corrected chi connectivity index (χ1v) is 14.1. The fourth-order valence-electron chi connectivity index (χ4n) is 5.58. The van der Waals surface area contributed by atoms with Gasteiger partial charge in [0.05, 0.1) is 12.4 Å². The molecule has 38 heavy (non-hydrogen) atoms. The van der Waals surface area contributed by atoms with E-state index in [0.717, 1.165) is 31.7 Å². The van der Waals surface area contributed by atoms with Crippen LogP contribution in [0.5, 0.6) is 5.75 Å². The minimum absolute atomic E-state index is 0.0865. The lowest BCUT2D eigenvalue weighted by atomic mass is 9.95. The van der Waals surface area contributed by atoms with Crippen LogP contribution in [0.4, 0.5) is 0 Å². The van der Waals surface area contributed by atoms with Crippen molar-refractivity contribution in [2.75, 3.05) is 6.67 Å². The van der Waals surface area contributed by atoms with Gasteiger partial charge in [0, 0.05) is 42.7 Å².